The molecule has 1 aromatic carbocycles. The summed E-state index contributed by atoms with van der Waals surface area (Å²) in [5.41, 5.74) is 1.06. The van der Waals surface area contributed by atoms with Crippen LogP contribution >= 0.6 is 0 Å². The zero-order valence-corrected chi connectivity index (χ0v) is 9.50. The van der Waals surface area contributed by atoms with Gasteiger partial charge in [0.2, 0.25) is 10.0 Å². The van der Waals surface area contributed by atoms with E-state index in [1.54, 1.807) is 31.3 Å². The normalized spacial score (nSPS) is 12.0. The van der Waals surface area contributed by atoms with Gasteiger partial charge in [0.1, 0.15) is 0 Å². The number of rotatable bonds is 3. The van der Waals surface area contributed by atoms with Crippen molar-refractivity contribution in [1.29, 1.82) is 0 Å². The molecule has 3 nitrogen and oxygen atoms in total. The van der Waals surface area contributed by atoms with Gasteiger partial charge in [-0.25, -0.2) is 12.7 Å². The first-order chi connectivity index (χ1) is 6.48. The summed E-state index contributed by atoms with van der Waals surface area (Å²) in [5.74, 6) is 0. The molecule has 14 heavy (non-hydrogen) atoms. The van der Waals surface area contributed by atoms with Crippen LogP contribution in [0.2, 0.25) is 0 Å². The van der Waals surface area contributed by atoms with Gasteiger partial charge in [-0.15, -0.1) is 0 Å². The molecular formula is C10H15NO2S. The van der Waals surface area contributed by atoms with Crippen molar-refractivity contribution in [2.75, 3.05) is 13.6 Å². The number of nitrogens with zero attached hydrogens (tertiary/aromatic N) is 1. The minimum atomic E-state index is -3.27. The van der Waals surface area contributed by atoms with Crippen molar-refractivity contribution in [2.24, 2.45) is 0 Å². The van der Waals surface area contributed by atoms with Crippen molar-refractivity contribution in [2.45, 2.75) is 18.7 Å². The van der Waals surface area contributed by atoms with Crippen LogP contribution in [0.3, 0.4) is 0 Å². The summed E-state index contributed by atoms with van der Waals surface area (Å²) in [4.78, 5) is 0.354. The van der Waals surface area contributed by atoms with Crippen LogP contribution in [0, 0.1) is 6.92 Å². The predicted octanol–water partition coefficient (Wildman–Crippen LogP) is 1.64. The van der Waals surface area contributed by atoms with Crippen molar-refractivity contribution in [3.8, 4) is 0 Å². The molecule has 0 saturated carbocycles. The molecule has 0 N–H and O–H groups in total. The average molecular weight is 213 g/mol. The van der Waals surface area contributed by atoms with E-state index >= 15 is 0 Å². The summed E-state index contributed by atoms with van der Waals surface area (Å²) < 4.78 is 24.9. The SMILES string of the molecule is CCN(C)S(=O)(=O)c1ccc(C)cc1. The standard InChI is InChI=1S/C10H15NO2S/c1-4-11(3)14(12,13)10-7-5-9(2)6-8-10/h5-8H,4H2,1-3H3. The van der Waals surface area contributed by atoms with Crippen LogP contribution in [-0.4, -0.2) is 26.3 Å². The minimum absolute atomic E-state index is 0.354. The van der Waals surface area contributed by atoms with Crippen LogP contribution in [-0.2, 0) is 10.0 Å². The van der Waals surface area contributed by atoms with E-state index < -0.39 is 10.0 Å². The van der Waals surface area contributed by atoms with Crippen LogP contribution in [0.5, 0.6) is 0 Å². The maximum absolute atomic E-state index is 11.8. The lowest BCUT2D eigenvalue weighted by molar-refractivity contribution is 0.486. The van der Waals surface area contributed by atoms with Crippen molar-refractivity contribution >= 4 is 10.0 Å². The van der Waals surface area contributed by atoms with E-state index in [2.05, 4.69) is 0 Å². The molecule has 0 amide bonds. The van der Waals surface area contributed by atoms with Crippen LogP contribution in [0.25, 0.3) is 0 Å². The Labute approximate surface area is 85.4 Å². The van der Waals surface area contributed by atoms with Crippen LogP contribution < -0.4 is 0 Å². The van der Waals surface area contributed by atoms with E-state index in [4.69, 9.17) is 0 Å². The lowest BCUT2D eigenvalue weighted by atomic mass is 10.2. The lowest BCUT2D eigenvalue weighted by Gasteiger charge is -2.14. The zero-order chi connectivity index (χ0) is 10.8. The predicted molar refractivity (Wildman–Crippen MR) is 56.7 cm³/mol. The largest absolute Gasteiger partial charge is 0.242 e. The molecule has 0 bridgehead atoms. The third-order valence-electron chi connectivity index (χ3n) is 2.17. The average Bonchev–Trinajstić information content (AvgIpc) is 2.17. The Bertz CT molecular complexity index is 395. The monoisotopic (exact) mass is 213 g/mol. The smallest absolute Gasteiger partial charge is 0.207 e. The Hall–Kier alpha value is -0.870. The fraction of sp³-hybridized carbons (Fsp3) is 0.400. The lowest BCUT2D eigenvalue weighted by Crippen LogP contribution is -2.26. The first-order valence-electron chi connectivity index (χ1n) is 4.51. The van der Waals surface area contributed by atoms with Gasteiger partial charge in [-0.05, 0) is 19.1 Å². The molecule has 0 saturated heterocycles. The van der Waals surface area contributed by atoms with E-state index in [1.165, 1.54) is 4.31 Å². The van der Waals surface area contributed by atoms with Crippen LogP contribution in [0.4, 0.5) is 0 Å². The van der Waals surface area contributed by atoms with Crippen molar-refractivity contribution in [1.82, 2.24) is 4.31 Å². The number of hydrogen-bond acceptors (Lipinski definition) is 2. The van der Waals surface area contributed by atoms with E-state index in [0.717, 1.165) is 5.56 Å². The number of benzene rings is 1. The van der Waals surface area contributed by atoms with Crippen molar-refractivity contribution in [3.63, 3.8) is 0 Å². The maximum Gasteiger partial charge on any atom is 0.242 e. The Morgan fingerprint density at radius 3 is 2.14 bits per heavy atom. The molecule has 78 valence electrons. The van der Waals surface area contributed by atoms with Gasteiger partial charge in [0.05, 0.1) is 4.90 Å². The quantitative estimate of drug-likeness (QED) is 0.765. The first-order valence-corrected chi connectivity index (χ1v) is 5.95. The van der Waals surface area contributed by atoms with Gasteiger partial charge >= 0.3 is 0 Å². The minimum Gasteiger partial charge on any atom is -0.207 e. The molecule has 0 aliphatic rings. The van der Waals surface area contributed by atoms with Gasteiger partial charge in [-0.1, -0.05) is 24.6 Å². The first kappa shape index (κ1) is 11.2. The summed E-state index contributed by atoms with van der Waals surface area (Å²) in [6, 6.07) is 6.88. The maximum atomic E-state index is 11.8. The molecule has 0 unspecified atom stereocenters. The van der Waals surface area contributed by atoms with Gasteiger partial charge in [-0.3, -0.25) is 0 Å². The fourth-order valence-electron chi connectivity index (χ4n) is 1.06. The third-order valence-corrected chi connectivity index (χ3v) is 4.12. The van der Waals surface area contributed by atoms with Crippen molar-refractivity contribution < 1.29 is 8.42 Å². The molecule has 0 aromatic heterocycles. The van der Waals surface area contributed by atoms with Gasteiger partial charge in [0, 0.05) is 13.6 Å². The van der Waals surface area contributed by atoms with E-state index in [-0.39, 0.29) is 0 Å². The number of hydrogen-bond donors (Lipinski definition) is 0. The van der Waals surface area contributed by atoms with Gasteiger partial charge in [-0.2, -0.15) is 0 Å². The van der Waals surface area contributed by atoms with E-state index in [1.807, 2.05) is 13.8 Å². The van der Waals surface area contributed by atoms with Gasteiger partial charge < -0.3 is 0 Å². The Balaban J connectivity index is 3.11. The highest BCUT2D eigenvalue weighted by Crippen LogP contribution is 2.14. The summed E-state index contributed by atoms with van der Waals surface area (Å²) in [6.07, 6.45) is 0. The zero-order valence-electron chi connectivity index (χ0n) is 8.69. The molecular weight excluding hydrogens is 198 g/mol. The molecule has 0 atom stereocenters. The molecule has 4 heteroatoms. The van der Waals surface area contributed by atoms with Crippen molar-refractivity contribution in [3.05, 3.63) is 29.8 Å². The molecule has 0 spiro atoms. The summed E-state index contributed by atoms with van der Waals surface area (Å²) in [6.45, 7) is 4.22. The summed E-state index contributed by atoms with van der Waals surface area (Å²) in [5, 5.41) is 0. The molecule has 0 aliphatic carbocycles. The molecule has 0 heterocycles. The highest BCUT2D eigenvalue weighted by atomic mass is 32.2. The highest BCUT2D eigenvalue weighted by molar-refractivity contribution is 7.89. The Morgan fingerprint density at radius 2 is 1.71 bits per heavy atom. The number of aryl methyl sites for hydroxylation is 1. The fourth-order valence-corrected chi connectivity index (χ4v) is 2.24. The molecule has 0 fully saturated rings. The summed E-state index contributed by atoms with van der Waals surface area (Å²) in [7, 11) is -1.69. The second-order valence-corrected chi connectivity index (χ2v) is 5.28. The third kappa shape index (κ3) is 2.13. The molecule has 1 rings (SSSR count). The second kappa shape index (κ2) is 4.11. The Kier molecular flexibility index (Phi) is 3.29. The number of sulfonamides is 1. The molecule has 0 radical (unpaired) electrons. The van der Waals surface area contributed by atoms with Crippen LogP contribution in [0.15, 0.2) is 29.2 Å². The summed E-state index contributed by atoms with van der Waals surface area (Å²) >= 11 is 0. The topological polar surface area (TPSA) is 37.4 Å². The van der Waals surface area contributed by atoms with Gasteiger partial charge in [0.25, 0.3) is 0 Å². The Morgan fingerprint density at radius 1 is 1.21 bits per heavy atom. The van der Waals surface area contributed by atoms with Gasteiger partial charge in [0.15, 0.2) is 0 Å². The molecule has 0 aliphatic heterocycles. The highest BCUT2D eigenvalue weighted by Gasteiger charge is 2.18. The second-order valence-electron chi connectivity index (χ2n) is 3.23. The van der Waals surface area contributed by atoms with E-state index in [9.17, 15) is 8.42 Å². The van der Waals surface area contributed by atoms with Crippen LogP contribution in [0.1, 0.15) is 12.5 Å². The van der Waals surface area contributed by atoms with E-state index in [0.29, 0.717) is 11.4 Å². The molecule has 1 aromatic rings.